The van der Waals surface area contributed by atoms with Crippen LogP contribution < -0.4 is 20.5 Å². The molecule has 1 saturated heterocycles. The smallest absolute Gasteiger partial charge is 0.188 e. The molecule has 1 atom stereocenters. The number of likely N-dealkylation sites (tertiary alicyclic amines) is 1. The molecule has 1 aromatic carbocycles. The van der Waals surface area contributed by atoms with Gasteiger partial charge in [0, 0.05) is 12.6 Å². The van der Waals surface area contributed by atoms with Gasteiger partial charge in [-0.3, -0.25) is 9.89 Å². The lowest BCUT2D eigenvalue weighted by Crippen LogP contribution is -2.39. The third-order valence-electron chi connectivity index (χ3n) is 5.04. The SMILES string of the molecule is COc1ccc(CCNC(N)=NCC(CC(C)C)N2CCCC2)cc1OC.I. The van der Waals surface area contributed by atoms with Crippen molar-refractivity contribution >= 4 is 29.9 Å². The van der Waals surface area contributed by atoms with Gasteiger partial charge in [-0.15, -0.1) is 24.0 Å². The Hall–Kier alpha value is -1.22. The first kappa shape index (κ1) is 24.8. The van der Waals surface area contributed by atoms with E-state index in [1.807, 2.05) is 18.2 Å². The molecule has 28 heavy (non-hydrogen) atoms. The maximum Gasteiger partial charge on any atom is 0.188 e. The molecule has 2 rings (SSSR count). The van der Waals surface area contributed by atoms with Gasteiger partial charge in [0.25, 0.3) is 0 Å². The lowest BCUT2D eigenvalue weighted by atomic mass is 10.0. The number of nitrogens with one attached hydrogen (secondary N) is 1. The largest absolute Gasteiger partial charge is 0.493 e. The fraction of sp³-hybridized carbons (Fsp3) is 0.667. The molecule has 1 aromatic rings. The van der Waals surface area contributed by atoms with Crippen LogP contribution in [-0.4, -0.2) is 57.3 Å². The van der Waals surface area contributed by atoms with E-state index in [1.165, 1.54) is 37.9 Å². The summed E-state index contributed by atoms with van der Waals surface area (Å²) in [4.78, 5) is 7.18. The van der Waals surface area contributed by atoms with E-state index >= 15 is 0 Å². The standard InChI is InChI=1S/C21H36N4O2.HI/c1-16(2)13-18(25-11-5-6-12-25)15-24-21(22)23-10-9-17-7-8-19(26-3)20(14-17)27-4;/h7-8,14,16,18H,5-6,9-13,15H2,1-4H3,(H3,22,23,24);1H. The van der Waals surface area contributed by atoms with Gasteiger partial charge in [0.1, 0.15) is 0 Å². The second kappa shape index (κ2) is 13.1. The first-order valence-electron chi connectivity index (χ1n) is 10.0. The van der Waals surface area contributed by atoms with Gasteiger partial charge >= 0.3 is 0 Å². The Morgan fingerprint density at radius 2 is 1.86 bits per heavy atom. The molecular formula is C21H37IN4O2. The maximum atomic E-state index is 6.09. The summed E-state index contributed by atoms with van der Waals surface area (Å²) in [6, 6.07) is 6.47. The molecule has 160 valence electrons. The van der Waals surface area contributed by atoms with Crippen molar-refractivity contribution < 1.29 is 9.47 Å². The Labute approximate surface area is 187 Å². The number of aliphatic imine (C=N–C) groups is 1. The zero-order chi connectivity index (χ0) is 19.6. The Kier molecular flexibility index (Phi) is 11.6. The average Bonchev–Trinajstić information content (AvgIpc) is 3.19. The topological polar surface area (TPSA) is 72.1 Å². The van der Waals surface area contributed by atoms with Crippen molar-refractivity contribution in [3.63, 3.8) is 0 Å². The van der Waals surface area contributed by atoms with Crippen molar-refractivity contribution in [2.24, 2.45) is 16.6 Å². The first-order chi connectivity index (χ1) is 13.0. The molecule has 1 fully saturated rings. The number of rotatable bonds is 10. The number of halogens is 1. The number of ether oxygens (including phenoxy) is 2. The van der Waals surface area contributed by atoms with E-state index in [2.05, 4.69) is 29.1 Å². The van der Waals surface area contributed by atoms with Crippen molar-refractivity contribution in [1.82, 2.24) is 10.2 Å². The average molecular weight is 504 g/mol. The van der Waals surface area contributed by atoms with Crippen LogP contribution in [0.3, 0.4) is 0 Å². The van der Waals surface area contributed by atoms with Crippen LogP contribution in [-0.2, 0) is 6.42 Å². The molecule has 1 heterocycles. The number of methoxy groups -OCH3 is 2. The van der Waals surface area contributed by atoms with E-state index in [9.17, 15) is 0 Å². The van der Waals surface area contributed by atoms with E-state index < -0.39 is 0 Å². The minimum atomic E-state index is 0. The van der Waals surface area contributed by atoms with Gasteiger partial charge in [0.2, 0.25) is 0 Å². The highest BCUT2D eigenvalue weighted by Gasteiger charge is 2.22. The maximum absolute atomic E-state index is 6.09. The summed E-state index contributed by atoms with van der Waals surface area (Å²) in [5.74, 6) is 2.70. The highest BCUT2D eigenvalue weighted by Crippen LogP contribution is 2.27. The minimum Gasteiger partial charge on any atom is -0.493 e. The third kappa shape index (κ3) is 8.03. The van der Waals surface area contributed by atoms with E-state index in [0.717, 1.165) is 31.0 Å². The summed E-state index contributed by atoms with van der Waals surface area (Å²) >= 11 is 0. The van der Waals surface area contributed by atoms with Gasteiger partial charge in [-0.05, 0) is 62.4 Å². The highest BCUT2D eigenvalue weighted by atomic mass is 127. The third-order valence-corrected chi connectivity index (χ3v) is 5.04. The highest BCUT2D eigenvalue weighted by molar-refractivity contribution is 14.0. The van der Waals surface area contributed by atoms with Crippen molar-refractivity contribution in [1.29, 1.82) is 0 Å². The normalized spacial score (nSPS) is 16.0. The van der Waals surface area contributed by atoms with Gasteiger partial charge in [-0.1, -0.05) is 19.9 Å². The second-order valence-corrected chi connectivity index (χ2v) is 7.62. The van der Waals surface area contributed by atoms with Crippen LogP contribution >= 0.6 is 24.0 Å². The zero-order valence-electron chi connectivity index (χ0n) is 17.7. The van der Waals surface area contributed by atoms with Crippen molar-refractivity contribution in [2.45, 2.75) is 45.6 Å². The molecule has 0 aliphatic carbocycles. The molecule has 0 amide bonds. The van der Waals surface area contributed by atoms with Crippen molar-refractivity contribution in [3.8, 4) is 11.5 Å². The summed E-state index contributed by atoms with van der Waals surface area (Å²) in [6.45, 7) is 8.45. The quantitative estimate of drug-likeness (QED) is 0.291. The molecular weight excluding hydrogens is 467 g/mol. The zero-order valence-corrected chi connectivity index (χ0v) is 20.1. The summed E-state index contributed by atoms with van der Waals surface area (Å²) in [6.07, 6.45) is 4.62. The molecule has 0 saturated carbocycles. The van der Waals surface area contributed by atoms with Crippen molar-refractivity contribution in [2.75, 3.05) is 40.4 Å². The fourth-order valence-electron chi connectivity index (χ4n) is 3.62. The molecule has 0 radical (unpaired) electrons. The van der Waals surface area contributed by atoms with Gasteiger partial charge in [0.15, 0.2) is 17.5 Å². The molecule has 1 aliphatic heterocycles. The number of nitrogens with two attached hydrogens (primary N) is 1. The molecule has 3 N–H and O–H groups in total. The van der Waals surface area contributed by atoms with Crippen LogP contribution in [0.5, 0.6) is 11.5 Å². The fourth-order valence-corrected chi connectivity index (χ4v) is 3.62. The van der Waals surface area contributed by atoms with Crippen LogP contribution in [0, 0.1) is 5.92 Å². The number of benzene rings is 1. The Morgan fingerprint density at radius 3 is 2.46 bits per heavy atom. The molecule has 1 unspecified atom stereocenters. The van der Waals surface area contributed by atoms with Crippen molar-refractivity contribution in [3.05, 3.63) is 23.8 Å². The molecule has 1 aliphatic rings. The van der Waals surface area contributed by atoms with E-state index in [0.29, 0.717) is 17.9 Å². The molecule has 6 nitrogen and oxygen atoms in total. The predicted molar refractivity (Wildman–Crippen MR) is 127 cm³/mol. The Bertz CT molecular complexity index is 604. The lowest BCUT2D eigenvalue weighted by molar-refractivity contribution is 0.218. The van der Waals surface area contributed by atoms with Crippen LogP contribution in [0.1, 0.15) is 38.7 Å². The second-order valence-electron chi connectivity index (χ2n) is 7.62. The van der Waals surface area contributed by atoms with Gasteiger partial charge in [0.05, 0.1) is 20.8 Å². The van der Waals surface area contributed by atoms with Crippen LogP contribution in [0.4, 0.5) is 0 Å². The predicted octanol–water partition coefficient (Wildman–Crippen LogP) is 3.28. The number of nitrogens with zero attached hydrogens (tertiary/aromatic N) is 2. The van der Waals surface area contributed by atoms with Crippen LogP contribution in [0.25, 0.3) is 0 Å². The number of hydrogen-bond donors (Lipinski definition) is 2. The summed E-state index contributed by atoms with van der Waals surface area (Å²) in [5, 5.41) is 3.23. The molecule has 0 bridgehead atoms. The van der Waals surface area contributed by atoms with Crippen LogP contribution in [0.2, 0.25) is 0 Å². The Balaban J connectivity index is 0.00000392. The number of hydrogen-bond acceptors (Lipinski definition) is 4. The summed E-state index contributed by atoms with van der Waals surface area (Å²) in [7, 11) is 3.30. The van der Waals surface area contributed by atoms with E-state index in [-0.39, 0.29) is 24.0 Å². The van der Waals surface area contributed by atoms with E-state index in [1.54, 1.807) is 14.2 Å². The minimum absolute atomic E-state index is 0. The summed E-state index contributed by atoms with van der Waals surface area (Å²) < 4.78 is 10.6. The van der Waals surface area contributed by atoms with Gasteiger partial charge in [-0.25, -0.2) is 0 Å². The van der Waals surface area contributed by atoms with E-state index in [4.69, 9.17) is 15.2 Å². The van der Waals surface area contributed by atoms with Crippen LogP contribution in [0.15, 0.2) is 23.2 Å². The van der Waals surface area contributed by atoms with Gasteiger partial charge in [-0.2, -0.15) is 0 Å². The molecule has 0 aromatic heterocycles. The monoisotopic (exact) mass is 504 g/mol. The lowest BCUT2D eigenvalue weighted by Gasteiger charge is -2.27. The Morgan fingerprint density at radius 1 is 1.18 bits per heavy atom. The molecule has 7 heteroatoms. The van der Waals surface area contributed by atoms with Gasteiger partial charge < -0.3 is 20.5 Å². The first-order valence-corrected chi connectivity index (χ1v) is 10.0. The number of guanidine groups is 1. The molecule has 0 spiro atoms. The summed E-state index contributed by atoms with van der Waals surface area (Å²) in [5.41, 5.74) is 7.26.